The van der Waals surface area contributed by atoms with Crippen molar-refractivity contribution in [2.75, 3.05) is 0 Å². The lowest BCUT2D eigenvalue weighted by Crippen LogP contribution is -2.10. The van der Waals surface area contributed by atoms with Crippen LogP contribution >= 0.6 is 0 Å². The van der Waals surface area contributed by atoms with Crippen LogP contribution in [0.4, 0.5) is 0 Å². The fourth-order valence-corrected chi connectivity index (χ4v) is 8.12. The molecule has 0 saturated carbocycles. The van der Waals surface area contributed by atoms with Crippen LogP contribution in [0.3, 0.4) is 0 Å². The van der Waals surface area contributed by atoms with Gasteiger partial charge in [-0.1, -0.05) is 81.4 Å². The van der Waals surface area contributed by atoms with Crippen molar-refractivity contribution in [2.45, 2.75) is 26.2 Å². The van der Waals surface area contributed by atoms with Gasteiger partial charge in [0.2, 0.25) is 0 Å². The maximum atomic E-state index is 4.79. The van der Waals surface area contributed by atoms with Crippen molar-refractivity contribution in [2.24, 2.45) is 0 Å². The number of nitrogens with zero attached hydrogens (tertiary/aromatic N) is 4. The largest absolute Gasteiger partial charge is 0.256 e. The van der Waals surface area contributed by atoms with Gasteiger partial charge in [-0.3, -0.25) is 19.9 Å². The standard InChI is InChI=1S/C52H38N4/c1-52(2,3)41-30-33-16-18-42-44(35-24-37(46-12-4-8-20-53-46)28-38(25-35)47-13-5-9-21-54-47)32-45(43-19-17-34(31-41)50(33)51(42)43)36-26-39(48-14-6-10-22-55-48)29-40(27-36)49-15-7-11-23-56-49/h4-32H,1-3H3. The Bertz CT molecular complexity index is 2720. The third-order valence-electron chi connectivity index (χ3n) is 10.9. The summed E-state index contributed by atoms with van der Waals surface area (Å²) < 4.78 is 0. The summed E-state index contributed by atoms with van der Waals surface area (Å²) in [4.78, 5) is 19.1. The van der Waals surface area contributed by atoms with Gasteiger partial charge in [0.25, 0.3) is 0 Å². The lowest BCUT2D eigenvalue weighted by Gasteiger charge is -2.23. The molecule has 4 nitrogen and oxygen atoms in total. The van der Waals surface area contributed by atoms with E-state index in [1.165, 1.54) is 37.9 Å². The van der Waals surface area contributed by atoms with Crippen molar-refractivity contribution in [3.63, 3.8) is 0 Å². The van der Waals surface area contributed by atoms with Gasteiger partial charge in [0, 0.05) is 47.0 Å². The number of rotatable bonds is 6. The molecule has 56 heavy (non-hydrogen) atoms. The van der Waals surface area contributed by atoms with E-state index in [1.54, 1.807) is 0 Å². The molecule has 0 aliphatic carbocycles. The highest BCUT2D eigenvalue weighted by Gasteiger charge is 2.22. The minimum absolute atomic E-state index is 0.0162. The van der Waals surface area contributed by atoms with Crippen LogP contribution in [0.15, 0.2) is 176 Å². The minimum Gasteiger partial charge on any atom is -0.256 e. The van der Waals surface area contributed by atoms with E-state index in [2.05, 4.69) is 124 Å². The highest BCUT2D eigenvalue weighted by molar-refractivity contribution is 6.28. The van der Waals surface area contributed by atoms with E-state index < -0.39 is 0 Å². The van der Waals surface area contributed by atoms with Crippen LogP contribution in [-0.2, 0) is 5.41 Å². The zero-order valence-electron chi connectivity index (χ0n) is 31.5. The second-order valence-corrected chi connectivity index (χ2v) is 15.6. The molecule has 4 heterocycles. The van der Waals surface area contributed by atoms with Crippen molar-refractivity contribution < 1.29 is 0 Å². The first-order valence-corrected chi connectivity index (χ1v) is 19.1. The number of hydrogen-bond acceptors (Lipinski definition) is 4. The first-order valence-electron chi connectivity index (χ1n) is 19.1. The second kappa shape index (κ2) is 13.4. The van der Waals surface area contributed by atoms with E-state index >= 15 is 0 Å². The first kappa shape index (κ1) is 33.5. The zero-order chi connectivity index (χ0) is 37.8. The Labute approximate surface area is 326 Å². The summed E-state index contributed by atoms with van der Waals surface area (Å²) in [7, 11) is 0. The van der Waals surface area contributed by atoms with Gasteiger partial charge < -0.3 is 0 Å². The summed E-state index contributed by atoms with van der Waals surface area (Å²) in [5.41, 5.74) is 13.7. The molecule has 0 radical (unpaired) electrons. The van der Waals surface area contributed by atoms with Crippen LogP contribution in [-0.4, -0.2) is 19.9 Å². The molecule has 0 spiro atoms. The number of hydrogen-bond donors (Lipinski definition) is 0. The van der Waals surface area contributed by atoms with E-state index in [4.69, 9.17) is 19.9 Å². The first-order chi connectivity index (χ1) is 27.4. The lowest BCUT2D eigenvalue weighted by molar-refractivity contribution is 0.591. The summed E-state index contributed by atoms with van der Waals surface area (Å²) >= 11 is 0. The van der Waals surface area contributed by atoms with Crippen molar-refractivity contribution in [3.05, 3.63) is 182 Å². The van der Waals surface area contributed by atoms with Crippen LogP contribution in [0, 0.1) is 0 Å². The number of aromatic nitrogens is 4. The van der Waals surface area contributed by atoms with Gasteiger partial charge in [-0.2, -0.15) is 0 Å². The predicted octanol–water partition coefficient (Wildman–Crippen LogP) is 13.5. The topological polar surface area (TPSA) is 51.6 Å². The van der Waals surface area contributed by atoms with Crippen LogP contribution in [0.25, 0.3) is 99.6 Å². The molecule has 0 amide bonds. The van der Waals surface area contributed by atoms with Gasteiger partial charge in [0.1, 0.15) is 0 Å². The molecular formula is C52H38N4. The van der Waals surface area contributed by atoms with Crippen molar-refractivity contribution in [1.29, 1.82) is 0 Å². The average molecular weight is 719 g/mol. The van der Waals surface area contributed by atoms with E-state index in [1.807, 2.05) is 73.3 Å². The third-order valence-corrected chi connectivity index (χ3v) is 10.9. The molecule has 0 aliphatic heterocycles. The third kappa shape index (κ3) is 5.96. The van der Waals surface area contributed by atoms with Gasteiger partial charge in [-0.15, -0.1) is 0 Å². The molecule has 266 valence electrons. The lowest BCUT2D eigenvalue weighted by atomic mass is 9.81. The maximum absolute atomic E-state index is 4.79. The minimum atomic E-state index is 0.0162. The summed E-state index contributed by atoms with van der Waals surface area (Å²) in [6, 6.07) is 54.3. The summed E-state index contributed by atoms with van der Waals surface area (Å²) in [5.74, 6) is 0. The summed E-state index contributed by atoms with van der Waals surface area (Å²) in [6.45, 7) is 6.87. The molecular weight excluding hydrogens is 681 g/mol. The normalized spacial score (nSPS) is 11.8. The Kier molecular flexibility index (Phi) is 8.00. The van der Waals surface area contributed by atoms with Crippen LogP contribution in [0.5, 0.6) is 0 Å². The Balaban J connectivity index is 1.32. The van der Waals surface area contributed by atoms with Crippen LogP contribution in [0.2, 0.25) is 0 Å². The van der Waals surface area contributed by atoms with Crippen LogP contribution in [0.1, 0.15) is 26.3 Å². The molecule has 0 unspecified atom stereocenters. The molecule has 4 aromatic heterocycles. The number of benzene rings is 6. The molecule has 0 aliphatic rings. The van der Waals surface area contributed by atoms with Gasteiger partial charge in [0.15, 0.2) is 0 Å². The SMILES string of the molecule is CC(C)(C)c1cc2ccc3c(-c4cc(-c5ccccn5)cc(-c5ccccn5)c4)cc(-c4cc(-c5ccccn5)cc(-c5ccccn5)c4)c4ccc(c1)c2c34. The van der Waals surface area contributed by atoms with Gasteiger partial charge in [0.05, 0.1) is 22.8 Å². The fourth-order valence-electron chi connectivity index (χ4n) is 8.12. The Morgan fingerprint density at radius 2 is 0.696 bits per heavy atom. The molecule has 10 rings (SSSR count). The van der Waals surface area contributed by atoms with Crippen LogP contribution < -0.4 is 0 Å². The van der Waals surface area contributed by atoms with E-state index in [-0.39, 0.29) is 5.41 Å². The van der Waals surface area contributed by atoms with E-state index in [9.17, 15) is 0 Å². The van der Waals surface area contributed by atoms with Gasteiger partial charge >= 0.3 is 0 Å². The Morgan fingerprint density at radius 1 is 0.339 bits per heavy atom. The van der Waals surface area contributed by atoms with E-state index in [0.29, 0.717) is 0 Å². The molecule has 0 bridgehead atoms. The average Bonchev–Trinajstić information content (AvgIpc) is 3.25. The fraction of sp³-hybridized carbons (Fsp3) is 0.0769. The van der Waals surface area contributed by atoms with E-state index in [0.717, 1.165) is 67.3 Å². The van der Waals surface area contributed by atoms with Gasteiger partial charge in [-0.25, -0.2) is 0 Å². The second-order valence-electron chi connectivity index (χ2n) is 15.6. The monoisotopic (exact) mass is 718 g/mol. The van der Waals surface area contributed by atoms with Gasteiger partial charge in [-0.05, 0) is 157 Å². The zero-order valence-corrected chi connectivity index (χ0v) is 31.5. The molecule has 10 aromatic rings. The predicted molar refractivity (Wildman–Crippen MR) is 233 cm³/mol. The molecule has 0 saturated heterocycles. The Morgan fingerprint density at radius 3 is 1.02 bits per heavy atom. The van der Waals surface area contributed by atoms with Crippen molar-refractivity contribution >= 4 is 32.3 Å². The quantitative estimate of drug-likeness (QED) is 0.161. The number of pyridine rings is 4. The smallest absolute Gasteiger partial charge is 0.0702 e. The molecule has 6 aromatic carbocycles. The molecule has 0 N–H and O–H groups in total. The molecule has 0 fully saturated rings. The highest BCUT2D eigenvalue weighted by atomic mass is 14.7. The molecule has 4 heteroatoms. The summed E-state index contributed by atoms with van der Waals surface area (Å²) in [6.07, 6.45) is 7.43. The Hall–Kier alpha value is -7.04. The maximum Gasteiger partial charge on any atom is 0.0702 e. The molecule has 0 atom stereocenters. The highest BCUT2D eigenvalue weighted by Crippen LogP contribution is 2.47. The summed E-state index contributed by atoms with van der Waals surface area (Å²) in [5, 5.41) is 7.47. The van der Waals surface area contributed by atoms with Crippen molar-refractivity contribution in [1.82, 2.24) is 19.9 Å². The van der Waals surface area contributed by atoms with Crippen molar-refractivity contribution in [3.8, 4) is 67.3 Å².